The summed E-state index contributed by atoms with van der Waals surface area (Å²) in [7, 11) is -4.29. The number of carbonyl (C=O) groups is 1. The molecule has 23 heavy (non-hydrogen) atoms. The van der Waals surface area contributed by atoms with Crippen LogP contribution in [0.1, 0.15) is 0 Å². The van der Waals surface area contributed by atoms with Crippen LogP contribution in [0.2, 0.25) is 5.02 Å². The lowest BCUT2D eigenvalue weighted by molar-refractivity contribution is -0.604. The number of hydrogen-bond donors (Lipinski definition) is 4. The minimum Gasteiger partial charge on any atom is -0.619 e. The molecule has 9 nitrogen and oxygen atoms in total. The Kier molecular flexibility index (Phi) is 4.59. The van der Waals surface area contributed by atoms with Crippen molar-refractivity contribution in [2.24, 2.45) is 5.14 Å². The number of carbonyl (C=O) groups excluding carboxylic acids is 1. The predicted molar refractivity (Wildman–Crippen MR) is 82.5 cm³/mol. The van der Waals surface area contributed by atoms with Crippen LogP contribution in [-0.4, -0.2) is 19.6 Å². The van der Waals surface area contributed by atoms with Crippen molar-refractivity contribution in [3.8, 4) is 5.75 Å². The molecule has 0 spiro atoms. The fraction of sp³-hybridized carbons (Fsp3) is 0. The summed E-state index contributed by atoms with van der Waals surface area (Å²) in [4.78, 5) is 11.1. The van der Waals surface area contributed by atoms with Crippen LogP contribution in [0.3, 0.4) is 0 Å². The van der Waals surface area contributed by atoms with E-state index in [4.69, 9.17) is 16.7 Å². The topological polar surface area (TPSA) is 148 Å². The molecule has 5 N–H and O–H groups in total. The largest absolute Gasteiger partial charge is 0.619 e. The van der Waals surface area contributed by atoms with E-state index in [1.807, 2.05) is 0 Å². The number of aromatic nitrogens is 1. The highest BCUT2D eigenvalue weighted by atomic mass is 35.5. The van der Waals surface area contributed by atoms with Gasteiger partial charge >= 0.3 is 6.03 Å². The van der Waals surface area contributed by atoms with Gasteiger partial charge in [-0.25, -0.2) is 18.4 Å². The van der Waals surface area contributed by atoms with Gasteiger partial charge in [-0.15, -0.1) is 0 Å². The zero-order valence-corrected chi connectivity index (χ0v) is 12.9. The summed E-state index contributed by atoms with van der Waals surface area (Å²) in [5, 5.41) is 30.2. The number of hydrogen-bond acceptors (Lipinski definition) is 5. The molecule has 0 saturated carbocycles. The molecule has 1 aromatic heterocycles. The van der Waals surface area contributed by atoms with Crippen LogP contribution < -0.4 is 20.5 Å². The van der Waals surface area contributed by atoms with E-state index < -0.39 is 26.7 Å². The summed E-state index contributed by atoms with van der Waals surface area (Å²) < 4.78 is 23.3. The van der Waals surface area contributed by atoms with Crippen LogP contribution in [0, 0.1) is 5.21 Å². The molecule has 0 aliphatic carbocycles. The number of nitrogens with zero attached hydrogens (tertiary/aromatic N) is 1. The number of phenolic OH excluding ortho intramolecular Hbond substituents is 1. The van der Waals surface area contributed by atoms with Crippen molar-refractivity contribution in [2.45, 2.75) is 4.90 Å². The highest BCUT2D eigenvalue weighted by Crippen LogP contribution is 2.36. The van der Waals surface area contributed by atoms with E-state index >= 15 is 0 Å². The van der Waals surface area contributed by atoms with Crippen molar-refractivity contribution in [1.82, 2.24) is 0 Å². The smallest absolute Gasteiger partial charge is 0.323 e. The van der Waals surface area contributed by atoms with E-state index in [0.717, 1.165) is 12.3 Å². The zero-order valence-electron chi connectivity index (χ0n) is 11.4. The van der Waals surface area contributed by atoms with Gasteiger partial charge in [0.05, 0.1) is 10.7 Å². The number of rotatable bonds is 3. The Hall–Kier alpha value is -2.56. The molecule has 11 heteroatoms. The Bertz CT molecular complexity index is 872. The summed E-state index contributed by atoms with van der Waals surface area (Å²) >= 11 is 5.68. The molecule has 0 bridgehead atoms. The molecular formula is C12H11ClN4O5S. The van der Waals surface area contributed by atoms with Crippen molar-refractivity contribution in [2.75, 3.05) is 10.6 Å². The average Bonchev–Trinajstić information content (AvgIpc) is 2.40. The fourth-order valence-electron chi connectivity index (χ4n) is 1.73. The van der Waals surface area contributed by atoms with E-state index in [1.165, 1.54) is 24.4 Å². The summed E-state index contributed by atoms with van der Waals surface area (Å²) in [6.45, 7) is 0. The minimum absolute atomic E-state index is 0.195. The van der Waals surface area contributed by atoms with Gasteiger partial charge in [0, 0.05) is 6.07 Å². The summed E-state index contributed by atoms with van der Waals surface area (Å²) in [6.07, 6.45) is 2.34. The molecular weight excluding hydrogens is 348 g/mol. The van der Waals surface area contributed by atoms with E-state index in [0.29, 0.717) is 4.73 Å². The Morgan fingerprint density at radius 2 is 2.00 bits per heavy atom. The number of amides is 2. The lowest BCUT2D eigenvalue weighted by atomic mass is 10.3. The number of pyridine rings is 1. The van der Waals surface area contributed by atoms with Gasteiger partial charge in [0.1, 0.15) is 10.6 Å². The number of anilines is 2. The SMILES string of the molecule is NS(=O)(=O)c1c(Cl)ccc(NC(=O)Nc2ccc[n+]([O-])c2)c1O. The molecule has 0 aliphatic rings. The number of nitrogens with two attached hydrogens (primary N) is 1. The normalized spacial score (nSPS) is 11.0. The van der Waals surface area contributed by atoms with Crippen molar-refractivity contribution >= 4 is 39.0 Å². The first-order valence-electron chi connectivity index (χ1n) is 5.99. The number of nitrogens with one attached hydrogen (secondary N) is 2. The number of sulfonamides is 1. The first-order chi connectivity index (χ1) is 10.7. The molecule has 1 aromatic carbocycles. The van der Waals surface area contributed by atoms with Crippen molar-refractivity contribution in [1.29, 1.82) is 0 Å². The van der Waals surface area contributed by atoms with Gasteiger partial charge in [-0.05, 0) is 18.2 Å². The average molecular weight is 359 g/mol. The highest BCUT2D eigenvalue weighted by molar-refractivity contribution is 7.89. The maximum Gasteiger partial charge on any atom is 0.323 e. The third-order valence-corrected chi connectivity index (χ3v) is 4.06. The number of aromatic hydroxyl groups is 1. The van der Waals surface area contributed by atoms with Gasteiger partial charge in [-0.2, -0.15) is 4.73 Å². The first kappa shape index (κ1) is 16.8. The van der Waals surface area contributed by atoms with Crippen molar-refractivity contribution in [3.63, 3.8) is 0 Å². The van der Waals surface area contributed by atoms with Crippen LogP contribution in [0.5, 0.6) is 5.75 Å². The number of urea groups is 1. The molecule has 0 fully saturated rings. The van der Waals surface area contributed by atoms with Gasteiger partial charge in [-0.1, -0.05) is 11.6 Å². The van der Waals surface area contributed by atoms with Crippen LogP contribution in [-0.2, 0) is 10.0 Å². The van der Waals surface area contributed by atoms with Gasteiger partial charge in [0.15, 0.2) is 11.9 Å². The van der Waals surface area contributed by atoms with Gasteiger partial charge in [-0.3, -0.25) is 0 Å². The third-order valence-electron chi connectivity index (χ3n) is 2.65. The highest BCUT2D eigenvalue weighted by Gasteiger charge is 2.22. The molecule has 0 atom stereocenters. The van der Waals surface area contributed by atoms with E-state index in [2.05, 4.69) is 10.6 Å². The predicted octanol–water partition coefficient (Wildman–Crippen LogP) is 0.970. The van der Waals surface area contributed by atoms with Gasteiger partial charge in [0.2, 0.25) is 16.2 Å². The molecule has 0 aliphatic heterocycles. The lowest BCUT2D eigenvalue weighted by Crippen LogP contribution is -2.27. The minimum atomic E-state index is -4.29. The first-order valence-corrected chi connectivity index (χ1v) is 7.92. The van der Waals surface area contributed by atoms with E-state index in [1.54, 1.807) is 0 Å². The maximum atomic E-state index is 11.8. The van der Waals surface area contributed by atoms with Crippen molar-refractivity contribution in [3.05, 3.63) is 46.9 Å². The number of phenols is 1. The maximum absolute atomic E-state index is 11.8. The Morgan fingerprint density at radius 1 is 1.30 bits per heavy atom. The summed E-state index contributed by atoms with van der Waals surface area (Å²) in [5.41, 5.74) is -0.0259. The number of primary sulfonamides is 1. The van der Waals surface area contributed by atoms with Crippen LogP contribution in [0.4, 0.5) is 16.2 Å². The molecule has 2 amide bonds. The quantitative estimate of drug-likeness (QED) is 0.366. The second-order valence-corrected chi connectivity index (χ2v) is 6.25. The molecule has 1 heterocycles. The molecule has 2 aromatic rings. The number of benzene rings is 1. The molecule has 0 radical (unpaired) electrons. The van der Waals surface area contributed by atoms with E-state index in [9.17, 15) is 23.5 Å². The zero-order chi connectivity index (χ0) is 17.2. The van der Waals surface area contributed by atoms with Crippen LogP contribution in [0.25, 0.3) is 0 Å². The second-order valence-electron chi connectivity index (χ2n) is 4.35. The fourth-order valence-corrected chi connectivity index (χ4v) is 2.93. The van der Waals surface area contributed by atoms with E-state index in [-0.39, 0.29) is 16.4 Å². The van der Waals surface area contributed by atoms with Gasteiger partial charge < -0.3 is 20.9 Å². The second kappa shape index (κ2) is 6.28. The molecule has 0 saturated heterocycles. The Labute approximate surface area is 135 Å². The Morgan fingerprint density at radius 3 is 2.61 bits per heavy atom. The monoisotopic (exact) mass is 358 g/mol. The molecule has 0 unspecified atom stereocenters. The standard InChI is InChI=1S/C12H11ClN4O5S/c13-8-3-4-9(10(18)11(8)23(14,21)22)16-12(19)15-7-2-1-5-17(20)6-7/h1-6,18H,(H2,14,21,22)(H2,15,16,19). The molecule has 2 rings (SSSR count). The summed E-state index contributed by atoms with van der Waals surface area (Å²) in [6, 6.07) is 4.43. The van der Waals surface area contributed by atoms with Crippen LogP contribution >= 0.6 is 11.6 Å². The Balaban J connectivity index is 2.25. The summed E-state index contributed by atoms with van der Waals surface area (Å²) in [5.74, 6) is -0.790. The lowest BCUT2D eigenvalue weighted by Gasteiger charge is -2.12. The van der Waals surface area contributed by atoms with Crippen LogP contribution in [0.15, 0.2) is 41.6 Å². The van der Waals surface area contributed by atoms with Crippen molar-refractivity contribution < 1.29 is 23.0 Å². The third kappa shape index (κ3) is 4.00. The van der Waals surface area contributed by atoms with Gasteiger partial charge in [0.25, 0.3) is 0 Å². The number of halogens is 1. The molecule has 122 valence electrons.